The van der Waals surface area contributed by atoms with Crippen LogP contribution in [-0.4, -0.2) is 41.3 Å². The zero-order valence-corrected chi connectivity index (χ0v) is 18.8. The van der Waals surface area contributed by atoms with E-state index in [2.05, 4.69) is 34.9 Å². The predicted octanol–water partition coefficient (Wildman–Crippen LogP) is 4.21. The molecule has 0 heterocycles. The van der Waals surface area contributed by atoms with Crippen LogP contribution in [0.25, 0.3) is 11.1 Å². The number of amides is 2. The van der Waals surface area contributed by atoms with Gasteiger partial charge in [0.2, 0.25) is 5.91 Å². The van der Waals surface area contributed by atoms with Gasteiger partial charge in [-0.1, -0.05) is 68.3 Å². The largest absolute Gasteiger partial charge is 0.480 e. The number of rotatable bonds is 8. The summed E-state index contributed by atoms with van der Waals surface area (Å²) in [5.41, 5.74) is 3.40. The third kappa shape index (κ3) is 4.72. The highest BCUT2D eigenvalue weighted by molar-refractivity contribution is 5.87. The van der Waals surface area contributed by atoms with E-state index in [1.165, 1.54) is 0 Å². The third-order valence-electron chi connectivity index (χ3n) is 6.84. The summed E-state index contributed by atoms with van der Waals surface area (Å²) < 4.78 is 5.57. The highest BCUT2D eigenvalue weighted by Crippen LogP contribution is 2.44. The van der Waals surface area contributed by atoms with Gasteiger partial charge >= 0.3 is 12.1 Å². The van der Waals surface area contributed by atoms with Gasteiger partial charge in [0.05, 0.1) is 0 Å². The number of carboxylic acids is 1. The molecule has 0 saturated heterocycles. The van der Waals surface area contributed by atoms with E-state index in [9.17, 15) is 19.5 Å². The SMILES string of the molecule is CC[C@@H](CC(=O)NC1(C(=O)O)CCCC1)NC(=O)OCC1c2ccccc2-c2ccccc21. The van der Waals surface area contributed by atoms with Crippen LogP contribution in [0, 0.1) is 0 Å². The molecule has 1 saturated carbocycles. The molecule has 3 N–H and O–H groups in total. The monoisotopic (exact) mass is 450 g/mol. The topological polar surface area (TPSA) is 105 Å². The molecule has 2 aromatic rings. The summed E-state index contributed by atoms with van der Waals surface area (Å²) in [6.45, 7) is 2.06. The van der Waals surface area contributed by atoms with Crippen LogP contribution in [-0.2, 0) is 14.3 Å². The minimum Gasteiger partial charge on any atom is -0.480 e. The molecule has 2 aliphatic rings. The van der Waals surface area contributed by atoms with E-state index in [0.29, 0.717) is 19.3 Å². The maximum absolute atomic E-state index is 12.5. The van der Waals surface area contributed by atoms with Crippen LogP contribution in [0.15, 0.2) is 48.5 Å². The Morgan fingerprint density at radius 3 is 2.15 bits per heavy atom. The van der Waals surface area contributed by atoms with E-state index in [-0.39, 0.29) is 24.9 Å². The van der Waals surface area contributed by atoms with E-state index in [4.69, 9.17) is 4.74 Å². The molecule has 4 rings (SSSR count). The van der Waals surface area contributed by atoms with Gasteiger partial charge < -0.3 is 20.5 Å². The van der Waals surface area contributed by atoms with Crippen molar-refractivity contribution < 1.29 is 24.2 Å². The average Bonchev–Trinajstić information content (AvgIpc) is 3.41. The van der Waals surface area contributed by atoms with E-state index in [0.717, 1.165) is 35.1 Å². The molecule has 33 heavy (non-hydrogen) atoms. The molecule has 0 aliphatic heterocycles. The van der Waals surface area contributed by atoms with Gasteiger partial charge in [0.25, 0.3) is 0 Å². The molecule has 2 amide bonds. The van der Waals surface area contributed by atoms with Gasteiger partial charge in [-0.2, -0.15) is 0 Å². The van der Waals surface area contributed by atoms with Crippen LogP contribution < -0.4 is 10.6 Å². The lowest BCUT2D eigenvalue weighted by molar-refractivity contribution is -0.147. The fourth-order valence-electron chi connectivity index (χ4n) is 5.02. The van der Waals surface area contributed by atoms with Gasteiger partial charge in [-0.15, -0.1) is 0 Å². The standard InChI is InChI=1S/C26H30N2O5/c1-2-17(15-23(29)28-26(24(30)31)13-7-8-14-26)27-25(32)33-16-22-20-11-5-3-9-18(20)19-10-4-6-12-21(19)22/h3-6,9-12,17,22H,2,7-8,13-16H2,1H3,(H,27,32)(H,28,29)(H,30,31)/t17-/m0/s1. The van der Waals surface area contributed by atoms with Crippen LogP contribution in [0.2, 0.25) is 0 Å². The Morgan fingerprint density at radius 1 is 1.03 bits per heavy atom. The number of carbonyl (C=O) groups excluding carboxylic acids is 2. The second-order valence-corrected chi connectivity index (χ2v) is 8.92. The summed E-state index contributed by atoms with van der Waals surface area (Å²) in [7, 11) is 0. The zero-order valence-electron chi connectivity index (χ0n) is 18.8. The van der Waals surface area contributed by atoms with E-state index < -0.39 is 23.6 Å². The van der Waals surface area contributed by atoms with Crippen molar-refractivity contribution in [2.24, 2.45) is 0 Å². The summed E-state index contributed by atoms with van der Waals surface area (Å²) in [4.78, 5) is 36.7. The molecule has 1 fully saturated rings. The van der Waals surface area contributed by atoms with Crippen molar-refractivity contribution in [3.8, 4) is 11.1 Å². The molecule has 174 valence electrons. The Hall–Kier alpha value is -3.35. The Bertz CT molecular complexity index is 999. The first kappa shape index (κ1) is 22.8. The number of aliphatic carboxylic acids is 1. The van der Waals surface area contributed by atoms with Gasteiger partial charge in [0, 0.05) is 18.4 Å². The quantitative estimate of drug-likeness (QED) is 0.559. The van der Waals surface area contributed by atoms with Gasteiger partial charge in [0.15, 0.2) is 0 Å². The van der Waals surface area contributed by atoms with E-state index in [1.54, 1.807) is 0 Å². The maximum Gasteiger partial charge on any atom is 0.407 e. The fraction of sp³-hybridized carbons (Fsp3) is 0.423. The summed E-state index contributed by atoms with van der Waals surface area (Å²) in [6, 6.07) is 15.8. The van der Waals surface area contributed by atoms with Crippen LogP contribution in [0.5, 0.6) is 0 Å². The van der Waals surface area contributed by atoms with E-state index in [1.807, 2.05) is 31.2 Å². The number of carboxylic acid groups (broad SMARTS) is 1. The van der Waals surface area contributed by atoms with Gasteiger partial charge in [-0.3, -0.25) is 4.79 Å². The van der Waals surface area contributed by atoms with Crippen molar-refractivity contribution in [3.63, 3.8) is 0 Å². The lowest BCUT2D eigenvalue weighted by Crippen LogP contribution is -2.53. The van der Waals surface area contributed by atoms with Crippen LogP contribution >= 0.6 is 0 Å². The molecular weight excluding hydrogens is 420 g/mol. The first-order valence-corrected chi connectivity index (χ1v) is 11.6. The zero-order chi connectivity index (χ0) is 23.4. The number of ether oxygens (including phenoxy) is 1. The first-order valence-electron chi connectivity index (χ1n) is 11.6. The highest BCUT2D eigenvalue weighted by Gasteiger charge is 2.42. The summed E-state index contributed by atoms with van der Waals surface area (Å²) in [5, 5.41) is 15.0. The number of fused-ring (bicyclic) bond motifs is 3. The summed E-state index contributed by atoms with van der Waals surface area (Å²) >= 11 is 0. The molecular formula is C26H30N2O5. The van der Waals surface area contributed by atoms with Gasteiger partial charge in [0.1, 0.15) is 12.1 Å². The Kier molecular flexibility index (Phi) is 6.67. The van der Waals surface area contributed by atoms with Crippen molar-refractivity contribution in [1.82, 2.24) is 10.6 Å². The maximum atomic E-state index is 12.5. The number of alkyl carbamates (subject to hydrolysis) is 1. The number of nitrogens with one attached hydrogen (secondary N) is 2. The van der Waals surface area contributed by atoms with Crippen molar-refractivity contribution in [1.29, 1.82) is 0 Å². The average molecular weight is 451 g/mol. The van der Waals surface area contributed by atoms with Crippen LogP contribution in [0.4, 0.5) is 4.79 Å². The normalized spacial score (nSPS) is 17.0. The molecule has 0 bridgehead atoms. The number of carbonyl (C=O) groups is 3. The fourth-order valence-corrected chi connectivity index (χ4v) is 5.02. The first-order chi connectivity index (χ1) is 15.9. The molecule has 0 spiro atoms. The van der Waals surface area contributed by atoms with Gasteiger partial charge in [-0.25, -0.2) is 9.59 Å². The second kappa shape index (κ2) is 9.65. The van der Waals surface area contributed by atoms with Gasteiger partial charge in [-0.05, 0) is 41.5 Å². The molecule has 0 radical (unpaired) electrons. The van der Waals surface area contributed by atoms with Crippen molar-refractivity contribution in [2.75, 3.05) is 6.61 Å². The smallest absolute Gasteiger partial charge is 0.407 e. The molecule has 7 nitrogen and oxygen atoms in total. The molecule has 0 aromatic heterocycles. The number of benzene rings is 2. The second-order valence-electron chi connectivity index (χ2n) is 8.92. The molecule has 2 aromatic carbocycles. The minimum absolute atomic E-state index is 0.00965. The molecule has 7 heteroatoms. The third-order valence-corrected chi connectivity index (χ3v) is 6.84. The van der Waals surface area contributed by atoms with Crippen molar-refractivity contribution >= 4 is 18.0 Å². The van der Waals surface area contributed by atoms with Crippen molar-refractivity contribution in [2.45, 2.75) is 62.9 Å². The molecule has 0 unspecified atom stereocenters. The highest BCUT2D eigenvalue weighted by atomic mass is 16.5. The molecule has 1 atom stereocenters. The molecule has 2 aliphatic carbocycles. The predicted molar refractivity (Wildman–Crippen MR) is 124 cm³/mol. The van der Waals surface area contributed by atoms with E-state index >= 15 is 0 Å². The summed E-state index contributed by atoms with van der Waals surface area (Å²) in [6.07, 6.45) is 2.39. The number of hydrogen-bond acceptors (Lipinski definition) is 4. The van der Waals surface area contributed by atoms with Crippen LogP contribution in [0.1, 0.15) is 62.5 Å². The Labute approximate surface area is 193 Å². The Balaban J connectivity index is 1.34. The lowest BCUT2D eigenvalue weighted by atomic mass is 9.97. The minimum atomic E-state index is -1.18. The summed E-state index contributed by atoms with van der Waals surface area (Å²) in [5.74, 6) is -1.40. The van der Waals surface area contributed by atoms with Crippen molar-refractivity contribution in [3.05, 3.63) is 59.7 Å². The number of hydrogen-bond donors (Lipinski definition) is 3. The lowest BCUT2D eigenvalue weighted by Gasteiger charge is -2.26. The Morgan fingerprint density at radius 2 is 1.61 bits per heavy atom. The van der Waals surface area contributed by atoms with Crippen LogP contribution in [0.3, 0.4) is 0 Å².